The van der Waals surface area contributed by atoms with Gasteiger partial charge in [-0.1, -0.05) is 25.8 Å². The Labute approximate surface area is 169 Å². The van der Waals surface area contributed by atoms with Gasteiger partial charge < -0.3 is 15.0 Å². The molecule has 29 heavy (non-hydrogen) atoms. The normalized spacial score (nSPS) is 15.9. The minimum absolute atomic E-state index is 0.0474. The lowest BCUT2D eigenvalue weighted by molar-refractivity contribution is -0.928. The standard InChI is InChI=1S/C21H28N6O2/c1-2-15-7-8-19-16(11-15)12-17(21(29)22-19)13-26(9-10-28)14-20-23-24-25-27(20)18-5-3-4-6-18/h7-8,11-12,18,28H,2-6,9-10,13-14H2,1H3,(H,22,29)/p+1. The molecule has 0 bridgehead atoms. The summed E-state index contributed by atoms with van der Waals surface area (Å²) in [5.74, 6) is 0.825. The maximum atomic E-state index is 12.6. The molecule has 1 aliphatic carbocycles. The van der Waals surface area contributed by atoms with Gasteiger partial charge in [0, 0.05) is 5.52 Å². The fraction of sp³-hybridized carbons (Fsp3) is 0.524. The van der Waals surface area contributed by atoms with E-state index < -0.39 is 0 Å². The van der Waals surface area contributed by atoms with Crippen molar-refractivity contribution in [2.24, 2.45) is 0 Å². The minimum atomic E-state index is -0.0763. The number of nitrogens with zero attached hydrogens (tertiary/aromatic N) is 4. The Morgan fingerprint density at radius 1 is 1.24 bits per heavy atom. The van der Waals surface area contributed by atoms with Crippen molar-refractivity contribution in [2.45, 2.75) is 58.2 Å². The van der Waals surface area contributed by atoms with Crippen LogP contribution >= 0.6 is 0 Å². The van der Waals surface area contributed by atoms with Gasteiger partial charge in [-0.2, -0.15) is 0 Å². The van der Waals surface area contributed by atoms with Gasteiger partial charge in [0.1, 0.15) is 19.6 Å². The number of aliphatic hydroxyl groups excluding tert-OH is 1. The molecule has 154 valence electrons. The lowest BCUT2D eigenvalue weighted by Gasteiger charge is -2.19. The predicted octanol–water partition coefficient (Wildman–Crippen LogP) is 0.770. The van der Waals surface area contributed by atoms with Crippen molar-refractivity contribution in [1.29, 1.82) is 0 Å². The van der Waals surface area contributed by atoms with Crippen LogP contribution in [0.3, 0.4) is 0 Å². The number of nitrogens with one attached hydrogen (secondary N) is 2. The summed E-state index contributed by atoms with van der Waals surface area (Å²) < 4.78 is 1.95. The average Bonchev–Trinajstić information content (AvgIpc) is 3.40. The number of benzene rings is 1. The van der Waals surface area contributed by atoms with Crippen molar-refractivity contribution in [3.05, 3.63) is 51.6 Å². The molecule has 8 heteroatoms. The molecule has 1 aromatic carbocycles. The molecule has 4 rings (SSSR count). The summed E-state index contributed by atoms with van der Waals surface area (Å²) in [6.07, 6.45) is 5.60. The second kappa shape index (κ2) is 8.84. The molecule has 8 nitrogen and oxygen atoms in total. The third kappa shape index (κ3) is 4.38. The van der Waals surface area contributed by atoms with E-state index in [-0.39, 0.29) is 12.2 Å². The molecule has 0 saturated heterocycles. The second-order valence-corrected chi connectivity index (χ2v) is 7.95. The van der Waals surface area contributed by atoms with Crippen LogP contribution in [-0.2, 0) is 19.5 Å². The van der Waals surface area contributed by atoms with Gasteiger partial charge in [-0.3, -0.25) is 4.79 Å². The van der Waals surface area contributed by atoms with Crippen LogP contribution in [0.25, 0.3) is 10.9 Å². The van der Waals surface area contributed by atoms with Gasteiger partial charge in [0.2, 0.25) is 5.82 Å². The van der Waals surface area contributed by atoms with Gasteiger partial charge in [0.25, 0.3) is 5.56 Å². The molecule has 0 radical (unpaired) electrons. The van der Waals surface area contributed by atoms with Crippen molar-refractivity contribution in [2.75, 3.05) is 13.2 Å². The Morgan fingerprint density at radius 2 is 2.07 bits per heavy atom. The summed E-state index contributed by atoms with van der Waals surface area (Å²) in [4.78, 5) is 16.7. The summed E-state index contributed by atoms with van der Waals surface area (Å²) in [5, 5.41) is 22.9. The van der Waals surface area contributed by atoms with Gasteiger partial charge in [-0.05, 0) is 58.8 Å². The van der Waals surface area contributed by atoms with Crippen LogP contribution in [0.1, 0.15) is 55.6 Å². The smallest absolute Gasteiger partial charge is 0.257 e. The Kier molecular flexibility index (Phi) is 6.01. The fourth-order valence-corrected chi connectivity index (χ4v) is 4.30. The highest BCUT2D eigenvalue weighted by Crippen LogP contribution is 2.28. The van der Waals surface area contributed by atoms with Crippen molar-refractivity contribution in [3.8, 4) is 0 Å². The van der Waals surface area contributed by atoms with E-state index in [0.717, 1.165) is 40.9 Å². The molecule has 1 atom stereocenters. The Balaban J connectivity index is 1.58. The highest BCUT2D eigenvalue weighted by molar-refractivity contribution is 5.79. The van der Waals surface area contributed by atoms with Gasteiger partial charge in [0.05, 0.1) is 18.2 Å². The first-order valence-corrected chi connectivity index (χ1v) is 10.5. The zero-order valence-corrected chi connectivity index (χ0v) is 16.9. The zero-order chi connectivity index (χ0) is 20.2. The van der Waals surface area contributed by atoms with Crippen LogP contribution in [0.5, 0.6) is 0 Å². The van der Waals surface area contributed by atoms with Crippen LogP contribution < -0.4 is 10.5 Å². The lowest BCUT2D eigenvalue weighted by atomic mass is 10.1. The van der Waals surface area contributed by atoms with Gasteiger partial charge in [-0.25, -0.2) is 4.68 Å². The summed E-state index contributed by atoms with van der Waals surface area (Å²) >= 11 is 0. The van der Waals surface area contributed by atoms with Crippen LogP contribution in [0.2, 0.25) is 0 Å². The molecule has 1 fully saturated rings. The Bertz CT molecular complexity index is 1020. The number of aromatic amines is 1. The average molecular weight is 398 g/mol. The van der Waals surface area contributed by atoms with Crippen LogP contribution in [0.4, 0.5) is 0 Å². The molecule has 1 unspecified atom stereocenters. The first-order chi connectivity index (χ1) is 14.2. The van der Waals surface area contributed by atoms with E-state index in [0.29, 0.717) is 31.2 Å². The van der Waals surface area contributed by atoms with Gasteiger partial charge in [0.15, 0.2) is 0 Å². The summed E-state index contributed by atoms with van der Waals surface area (Å²) in [7, 11) is 0. The molecule has 1 saturated carbocycles. The number of aliphatic hydroxyl groups is 1. The van der Waals surface area contributed by atoms with E-state index in [9.17, 15) is 9.90 Å². The monoisotopic (exact) mass is 397 g/mol. The van der Waals surface area contributed by atoms with E-state index in [1.54, 1.807) is 0 Å². The van der Waals surface area contributed by atoms with E-state index in [1.165, 1.54) is 18.4 Å². The number of fused-ring (bicyclic) bond motifs is 1. The van der Waals surface area contributed by atoms with Crippen molar-refractivity contribution < 1.29 is 10.0 Å². The second-order valence-electron chi connectivity index (χ2n) is 7.95. The number of tetrazole rings is 1. The maximum Gasteiger partial charge on any atom is 0.257 e. The molecule has 1 aliphatic rings. The molecule has 2 heterocycles. The van der Waals surface area contributed by atoms with Crippen LogP contribution in [-0.4, -0.2) is 43.4 Å². The highest BCUT2D eigenvalue weighted by Gasteiger charge is 2.24. The van der Waals surface area contributed by atoms with E-state index in [4.69, 9.17) is 0 Å². The summed E-state index contributed by atoms with van der Waals surface area (Å²) in [5.41, 5.74) is 2.73. The molecule has 0 amide bonds. The van der Waals surface area contributed by atoms with Crippen molar-refractivity contribution in [1.82, 2.24) is 25.2 Å². The quantitative estimate of drug-likeness (QED) is 0.521. The molecule has 0 spiro atoms. The topological polar surface area (TPSA) is 101 Å². The van der Waals surface area contributed by atoms with Gasteiger partial charge in [-0.15, -0.1) is 5.10 Å². The molecule has 0 aliphatic heterocycles. The number of aromatic nitrogens is 5. The number of hydrogen-bond donors (Lipinski definition) is 3. The largest absolute Gasteiger partial charge is 0.391 e. The zero-order valence-electron chi connectivity index (χ0n) is 16.9. The third-order valence-corrected chi connectivity index (χ3v) is 5.94. The number of H-pyrrole nitrogens is 1. The van der Waals surface area contributed by atoms with Crippen LogP contribution in [0.15, 0.2) is 29.1 Å². The summed E-state index contributed by atoms with van der Waals surface area (Å²) in [6.45, 7) is 3.79. The number of quaternary nitrogens is 1. The maximum absolute atomic E-state index is 12.6. The Hall–Kier alpha value is -2.58. The Morgan fingerprint density at radius 3 is 2.83 bits per heavy atom. The molecular formula is C21H29N6O2+. The number of hydrogen-bond acceptors (Lipinski definition) is 5. The predicted molar refractivity (Wildman–Crippen MR) is 110 cm³/mol. The SMILES string of the molecule is CCc1ccc2[nH]c(=O)c(C[NH+](CCO)Cc3nnnn3C3CCCC3)cc2c1. The number of pyridine rings is 1. The minimum Gasteiger partial charge on any atom is -0.391 e. The van der Waals surface area contributed by atoms with E-state index >= 15 is 0 Å². The first-order valence-electron chi connectivity index (χ1n) is 10.5. The number of rotatable bonds is 8. The molecular weight excluding hydrogens is 368 g/mol. The molecule has 3 aromatic rings. The van der Waals surface area contributed by atoms with Gasteiger partial charge >= 0.3 is 0 Å². The van der Waals surface area contributed by atoms with Crippen molar-refractivity contribution in [3.63, 3.8) is 0 Å². The van der Waals surface area contributed by atoms with E-state index in [2.05, 4.69) is 33.5 Å². The van der Waals surface area contributed by atoms with Crippen LogP contribution in [0, 0.1) is 0 Å². The number of aryl methyl sites for hydroxylation is 1. The third-order valence-electron chi connectivity index (χ3n) is 5.94. The highest BCUT2D eigenvalue weighted by atomic mass is 16.3. The lowest BCUT2D eigenvalue weighted by Crippen LogP contribution is -3.10. The van der Waals surface area contributed by atoms with Crippen molar-refractivity contribution >= 4 is 10.9 Å². The molecule has 3 N–H and O–H groups in total. The molecule has 2 aromatic heterocycles. The first kappa shape index (κ1) is 19.7. The summed E-state index contributed by atoms with van der Waals surface area (Å²) in [6, 6.07) is 8.48. The fourth-order valence-electron chi connectivity index (χ4n) is 4.30. The van der Waals surface area contributed by atoms with E-state index in [1.807, 2.05) is 22.9 Å².